The van der Waals surface area contributed by atoms with E-state index in [0.29, 0.717) is 37.6 Å². The van der Waals surface area contributed by atoms with Crippen LogP contribution in [0.4, 0.5) is 10.6 Å². The Kier molecular flexibility index (Phi) is 9.15. The molecule has 5 rings (SSSR count). The molecule has 10 nitrogen and oxygen atoms in total. The molecule has 2 aliphatic rings. The quantitative estimate of drug-likeness (QED) is 0.345. The molecule has 2 N–H and O–H groups in total. The van der Waals surface area contributed by atoms with Crippen molar-refractivity contribution in [3.8, 4) is 0 Å². The third kappa shape index (κ3) is 7.43. The van der Waals surface area contributed by atoms with Crippen LogP contribution in [0.5, 0.6) is 0 Å². The lowest BCUT2D eigenvalue weighted by atomic mass is 9.92. The Bertz CT molecular complexity index is 1510. The first-order valence-corrected chi connectivity index (χ1v) is 15.0. The summed E-state index contributed by atoms with van der Waals surface area (Å²) in [4.78, 5) is 50.1. The van der Waals surface area contributed by atoms with Gasteiger partial charge < -0.3 is 19.4 Å². The van der Waals surface area contributed by atoms with E-state index in [1.807, 2.05) is 62.1 Å². The van der Waals surface area contributed by atoms with Crippen molar-refractivity contribution in [2.45, 2.75) is 59.1 Å². The van der Waals surface area contributed by atoms with Crippen LogP contribution in [-0.4, -0.2) is 76.1 Å². The van der Waals surface area contributed by atoms with Crippen LogP contribution in [0.25, 0.3) is 16.5 Å². The largest absolute Gasteiger partial charge is 0.461 e. The number of anilines is 1. The molecule has 228 valence electrons. The van der Waals surface area contributed by atoms with Gasteiger partial charge in [-0.15, -0.1) is 0 Å². The topological polar surface area (TPSA) is 117 Å². The number of aromatic nitrogens is 2. The summed E-state index contributed by atoms with van der Waals surface area (Å²) < 4.78 is 10.6. The minimum Gasteiger partial charge on any atom is -0.461 e. The molecule has 1 fully saturated rings. The summed E-state index contributed by atoms with van der Waals surface area (Å²) in [5, 5.41) is 3.69. The van der Waals surface area contributed by atoms with Crippen LogP contribution in [0.15, 0.2) is 48.7 Å². The second-order valence-corrected chi connectivity index (χ2v) is 12.1. The standard InChI is InChI=1S/C33H41N5O5/c1-5-42-31(40)29-28(25-8-6-7-9-26(25)35-29)23-13-18-38(19-14-23)30(39)24-11-16-37(17-12-24)21-22-10-15-34-27(20-22)36-32(41)43-33(2,3)4/h6-10,13,15,20,24,35H,5,11-12,14,16-19,21H2,1-4H3,(H,34,36,41). The predicted octanol–water partition coefficient (Wildman–Crippen LogP) is 5.61. The molecule has 0 unspecified atom stereocenters. The van der Waals surface area contributed by atoms with Crippen molar-refractivity contribution >= 4 is 40.3 Å². The summed E-state index contributed by atoms with van der Waals surface area (Å²) in [5.41, 5.74) is 3.78. The molecule has 10 heteroatoms. The third-order valence-electron chi connectivity index (χ3n) is 7.82. The number of hydrogen-bond acceptors (Lipinski definition) is 7. The lowest BCUT2D eigenvalue weighted by Gasteiger charge is -2.35. The van der Waals surface area contributed by atoms with Gasteiger partial charge in [0.25, 0.3) is 0 Å². The molecule has 1 aromatic carbocycles. The number of likely N-dealkylation sites (tertiary alicyclic amines) is 1. The number of nitrogens with one attached hydrogen (secondary N) is 2. The zero-order valence-electron chi connectivity index (χ0n) is 25.4. The van der Waals surface area contributed by atoms with E-state index in [0.717, 1.165) is 60.1 Å². The highest BCUT2D eigenvalue weighted by Gasteiger charge is 2.31. The number of carbonyl (C=O) groups is 3. The van der Waals surface area contributed by atoms with Gasteiger partial charge in [-0.1, -0.05) is 24.3 Å². The lowest BCUT2D eigenvalue weighted by molar-refractivity contribution is -0.136. The maximum atomic E-state index is 13.5. The van der Waals surface area contributed by atoms with Gasteiger partial charge in [0, 0.05) is 48.2 Å². The summed E-state index contributed by atoms with van der Waals surface area (Å²) >= 11 is 0. The highest BCUT2D eigenvalue weighted by Crippen LogP contribution is 2.34. The molecule has 0 saturated carbocycles. The van der Waals surface area contributed by atoms with E-state index in [2.05, 4.69) is 26.3 Å². The summed E-state index contributed by atoms with van der Waals surface area (Å²) in [5.74, 6) is 0.293. The van der Waals surface area contributed by atoms with Gasteiger partial charge in [0.1, 0.15) is 17.1 Å². The van der Waals surface area contributed by atoms with Crippen molar-refractivity contribution in [1.29, 1.82) is 0 Å². The van der Waals surface area contributed by atoms with Gasteiger partial charge in [0.2, 0.25) is 5.91 Å². The summed E-state index contributed by atoms with van der Waals surface area (Å²) in [7, 11) is 0. The second kappa shape index (κ2) is 13.0. The highest BCUT2D eigenvalue weighted by atomic mass is 16.6. The molecular weight excluding hydrogens is 546 g/mol. The van der Waals surface area contributed by atoms with Gasteiger partial charge >= 0.3 is 12.1 Å². The van der Waals surface area contributed by atoms with Crippen LogP contribution in [0, 0.1) is 5.92 Å². The first-order valence-electron chi connectivity index (χ1n) is 15.0. The van der Waals surface area contributed by atoms with Crippen LogP contribution < -0.4 is 5.32 Å². The number of aromatic amines is 1. The van der Waals surface area contributed by atoms with E-state index in [9.17, 15) is 14.4 Å². The van der Waals surface area contributed by atoms with Crippen LogP contribution in [0.1, 0.15) is 68.6 Å². The van der Waals surface area contributed by atoms with Crippen LogP contribution in [-0.2, 0) is 20.8 Å². The molecule has 2 aromatic heterocycles. The maximum absolute atomic E-state index is 13.5. The number of carbonyl (C=O) groups excluding carboxylic acids is 3. The number of fused-ring (bicyclic) bond motifs is 1. The number of esters is 1. The summed E-state index contributed by atoms with van der Waals surface area (Å²) in [6.07, 6.45) is 5.52. The van der Waals surface area contributed by atoms with Gasteiger partial charge in [-0.05, 0) is 89.4 Å². The lowest BCUT2D eigenvalue weighted by Crippen LogP contribution is -2.43. The van der Waals surface area contributed by atoms with E-state index in [1.54, 1.807) is 13.1 Å². The molecule has 1 saturated heterocycles. The zero-order valence-corrected chi connectivity index (χ0v) is 25.4. The first kappa shape index (κ1) is 30.3. The molecule has 0 aliphatic carbocycles. The highest BCUT2D eigenvalue weighted by molar-refractivity contribution is 6.05. The van der Waals surface area contributed by atoms with Crippen LogP contribution >= 0.6 is 0 Å². The van der Waals surface area contributed by atoms with Crippen molar-refractivity contribution in [2.24, 2.45) is 5.92 Å². The Labute approximate surface area is 252 Å². The fourth-order valence-electron chi connectivity index (χ4n) is 5.83. The van der Waals surface area contributed by atoms with E-state index in [1.165, 1.54) is 0 Å². The van der Waals surface area contributed by atoms with Gasteiger partial charge in [-0.25, -0.2) is 14.6 Å². The van der Waals surface area contributed by atoms with Crippen LogP contribution in [0.3, 0.4) is 0 Å². The Morgan fingerprint density at radius 3 is 2.56 bits per heavy atom. The van der Waals surface area contributed by atoms with Crippen molar-refractivity contribution in [3.05, 3.63) is 65.5 Å². The SMILES string of the molecule is CCOC(=O)c1[nH]c2ccccc2c1C1=CCN(C(=O)C2CCN(Cc3ccnc(NC(=O)OC(C)(C)C)c3)CC2)CC1. The first-order chi connectivity index (χ1) is 20.6. The van der Waals surface area contributed by atoms with E-state index < -0.39 is 11.7 Å². The number of amides is 2. The number of nitrogens with zero attached hydrogens (tertiary/aromatic N) is 3. The molecule has 0 radical (unpaired) electrons. The minimum absolute atomic E-state index is 0.00350. The number of para-hydroxylation sites is 1. The number of H-pyrrole nitrogens is 1. The van der Waals surface area contributed by atoms with E-state index in [-0.39, 0.29) is 17.8 Å². The van der Waals surface area contributed by atoms with Gasteiger partial charge in [-0.2, -0.15) is 0 Å². The van der Waals surface area contributed by atoms with Crippen molar-refractivity contribution in [2.75, 3.05) is 38.1 Å². The molecule has 3 aromatic rings. The summed E-state index contributed by atoms with van der Waals surface area (Å²) in [6, 6.07) is 11.7. The third-order valence-corrected chi connectivity index (χ3v) is 7.82. The van der Waals surface area contributed by atoms with Crippen molar-refractivity contribution in [3.63, 3.8) is 0 Å². The smallest absolute Gasteiger partial charge is 0.413 e. The Morgan fingerprint density at radius 2 is 1.86 bits per heavy atom. The Balaban J connectivity index is 1.16. The molecule has 2 aliphatic heterocycles. The van der Waals surface area contributed by atoms with Crippen LogP contribution in [0.2, 0.25) is 0 Å². The number of piperidine rings is 1. The van der Waals surface area contributed by atoms with Gasteiger partial charge in [-0.3, -0.25) is 15.0 Å². The molecule has 2 amide bonds. The minimum atomic E-state index is -0.582. The molecule has 43 heavy (non-hydrogen) atoms. The van der Waals surface area contributed by atoms with E-state index >= 15 is 0 Å². The number of benzene rings is 1. The second-order valence-electron chi connectivity index (χ2n) is 12.1. The monoisotopic (exact) mass is 587 g/mol. The number of hydrogen-bond donors (Lipinski definition) is 2. The zero-order chi connectivity index (χ0) is 30.6. The average molecular weight is 588 g/mol. The Morgan fingerprint density at radius 1 is 1.09 bits per heavy atom. The van der Waals surface area contributed by atoms with Crippen molar-refractivity contribution in [1.82, 2.24) is 19.8 Å². The van der Waals surface area contributed by atoms with E-state index in [4.69, 9.17) is 9.47 Å². The average Bonchev–Trinajstić information content (AvgIpc) is 3.36. The Hall–Kier alpha value is -4.18. The number of ether oxygens (including phenoxy) is 2. The fourth-order valence-corrected chi connectivity index (χ4v) is 5.83. The molecule has 0 spiro atoms. The maximum Gasteiger partial charge on any atom is 0.413 e. The van der Waals surface area contributed by atoms with Crippen molar-refractivity contribution < 1.29 is 23.9 Å². The fraction of sp³-hybridized carbons (Fsp3) is 0.455. The molecule has 0 bridgehead atoms. The summed E-state index contributed by atoms with van der Waals surface area (Å²) in [6.45, 7) is 11.1. The normalized spacial score (nSPS) is 16.6. The van der Waals surface area contributed by atoms with Gasteiger partial charge in [0.15, 0.2) is 0 Å². The van der Waals surface area contributed by atoms with Gasteiger partial charge in [0.05, 0.1) is 6.61 Å². The molecule has 0 atom stereocenters. The predicted molar refractivity (Wildman–Crippen MR) is 166 cm³/mol. The molecular formula is C33H41N5O5. The number of pyridine rings is 1. The molecule has 4 heterocycles. The number of rotatable bonds is 7.